The summed E-state index contributed by atoms with van der Waals surface area (Å²) in [5.41, 5.74) is 2.56. The predicted molar refractivity (Wildman–Crippen MR) is 125 cm³/mol. The van der Waals surface area contributed by atoms with Gasteiger partial charge in [0, 0.05) is 37.9 Å². The zero-order valence-corrected chi connectivity index (χ0v) is 20.4. The van der Waals surface area contributed by atoms with Gasteiger partial charge in [0.05, 0.1) is 24.1 Å². The molecule has 6 rings (SSSR count). The number of fused-ring (bicyclic) bond motifs is 1. The van der Waals surface area contributed by atoms with Crippen LogP contribution in [0, 0.1) is 5.92 Å². The zero-order chi connectivity index (χ0) is 25.7. The number of carbonyl (C=O) groups is 2. The van der Waals surface area contributed by atoms with E-state index >= 15 is 0 Å². The third kappa shape index (κ3) is 4.86. The van der Waals surface area contributed by atoms with Gasteiger partial charge in [-0.15, -0.1) is 0 Å². The molecule has 3 aromatic rings. The fourth-order valence-electron chi connectivity index (χ4n) is 5.30. The Morgan fingerprint density at radius 3 is 2.76 bits per heavy atom. The molecule has 2 aliphatic carbocycles. The van der Waals surface area contributed by atoms with Crippen molar-refractivity contribution in [2.75, 3.05) is 6.54 Å². The van der Waals surface area contributed by atoms with Gasteiger partial charge in [0.1, 0.15) is 5.69 Å². The van der Waals surface area contributed by atoms with Gasteiger partial charge in [-0.05, 0) is 55.3 Å². The lowest BCUT2D eigenvalue weighted by atomic mass is 9.81. The second kappa shape index (κ2) is 9.03. The molecule has 196 valence electrons. The molecule has 2 saturated carbocycles. The van der Waals surface area contributed by atoms with Crippen LogP contribution in [0.2, 0.25) is 0 Å². The largest absolute Gasteiger partial charge is 0.342 e. The maximum absolute atomic E-state index is 13.9. The van der Waals surface area contributed by atoms with Crippen LogP contribution in [0.3, 0.4) is 0 Å². The van der Waals surface area contributed by atoms with Crippen molar-refractivity contribution in [1.82, 2.24) is 40.4 Å². The second-order valence-electron chi connectivity index (χ2n) is 10.5. The maximum atomic E-state index is 13.9. The first-order valence-electron chi connectivity index (χ1n) is 12.7. The molecule has 0 unspecified atom stereocenters. The van der Waals surface area contributed by atoms with E-state index in [1.54, 1.807) is 21.8 Å². The van der Waals surface area contributed by atoms with Crippen molar-refractivity contribution < 1.29 is 23.0 Å². The summed E-state index contributed by atoms with van der Waals surface area (Å²) < 4.78 is 34.3. The van der Waals surface area contributed by atoms with Gasteiger partial charge in [-0.3, -0.25) is 4.79 Å². The Bertz CT molecular complexity index is 1330. The topological polar surface area (TPSA) is 131 Å². The van der Waals surface area contributed by atoms with Crippen molar-refractivity contribution >= 4 is 17.6 Å². The minimum atomic E-state index is -2.70. The van der Waals surface area contributed by atoms with Crippen molar-refractivity contribution in [2.24, 2.45) is 5.92 Å². The Hall–Kier alpha value is -3.64. The molecule has 2 N–H and O–H groups in total. The summed E-state index contributed by atoms with van der Waals surface area (Å²) in [6, 6.07) is 1.19. The standard InChI is InChI=1S/C24H28F2N8O3/c1-13-10-33(23(36)28-13)11-14-8-18-29-17(12-34(18)27-9-14)19(16-4-6-24(25,26)7-5-16)30-22(35)21-20(15-2-3-15)31-37-32-21/h8-9,12-13,15-16,19H,2-7,10-11H2,1H3,(H,28,36)(H,30,35)/t13-,19+/m1/s1. The number of alkyl halides is 2. The van der Waals surface area contributed by atoms with E-state index in [0.717, 1.165) is 18.4 Å². The van der Waals surface area contributed by atoms with Crippen molar-refractivity contribution in [3.05, 3.63) is 41.1 Å². The SMILES string of the molecule is C[C@@H]1CN(Cc2cnn3cc([C@@H](NC(=O)c4nonc4C4CC4)C4CCC(F)(F)CC4)nc3c2)C(=O)N1. The number of halogens is 2. The molecule has 0 radical (unpaired) electrons. The van der Waals surface area contributed by atoms with E-state index in [0.29, 0.717) is 30.1 Å². The number of aromatic nitrogens is 5. The zero-order valence-electron chi connectivity index (χ0n) is 20.4. The number of hydrogen-bond donors (Lipinski definition) is 2. The maximum Gasteiger partial charge on any atom is 0.318 e. The molecule has 0 spiro atoms. The summed E-state index contributed by atoms with van der Waals surface area (Å²) in [5, 5.41) is 18.0. The highest BCUT2D eigenvalue weighted by molar-refractivity contribution is 5.93. The van der Waals surface area contributed by atoms with Crippen LogP contribution in [0.25, 0.3) is 5.65 Å². The van der Waals surface area contributed by atoms with Crippen LogP contribution in [-0.4, -0.2) is 60.3 Å². The number of nitrogens with zero attached hydrogens (tertiary/aromatic N) is 6. The molecule has 11 nitrogen and oxygen atoms in total. The Morgan fingerprint density at radius 1 is 1.27 bits per heavy atom. The van der Waals surface area contributed by atoms with Crippen molar-refractivity contribution in [1.29, 1.82) is 0 Å². The Balaban J connectivity index is 1.27. The molecule has 13 heteroatoms. The number of rotatable bonds is 7. The van der Waals surface area contributed by atoms with Crippen LogP contribution in [0.15, 0.2) is 23.1 Å². The molecule has 4 heterocycles. The van der Waals surface area contributed by atoms with Crippen molar-refractivity contribution in [3.63, 3.8) is 0 Å². The lowest BCUT2D eigenvalue weighted by molar-refractivity contribution is -0.0495. The number of urea groups is 1. The first-order chi connectivity index (χ1) is 17.8. The van der Waals surface area contributed by atoms with E-state index in [1.165, 1.54) is 0 Å². The van der Waals surface area contributed by atoms with E-state index < -0.39 is 17.9 Å². The third-order valence-corrected chi connectivity index (χ3v) is 7.45. The summed E-state index contributed by atoms with van der Waals surface area (Å²) in [4.78, 5) is 31.7. The Kier molecular flexibility index (Phi) is 5.80. The van der Waals surface area contributed by atoms with Crippen LogP contribution in [0.4, 0.5) is 13.6 Å². The molecule has 1 saturated heterocycles. The van der Waals surface area contributed by atoms with Crippen molar-refractivity contribution in [2.45, 2.75) is 75.9 Å². The summed E-state index contributed by atoms with van der Waals surface area (Å²) in [5.74, 6) is -3.22. The van der Waals surface area contributed by atoms with E-state index in [1.807, 2.05) is 13.0 Å². The van der Waals surface area contributed by atoms with E-state index in [9.17, 15) is 18.4 Å². The molecule has 1 aliphatic heterocycles. The normalized spacial score (nSPS) is 22.8. The third-order valence-electron chi connectivity index (χ3n) is 7.45. The van der Waals surface area contributed by atoms with Crippen LogP contribution in [0.5, 0.6) is 0 Å². The fraction of sp³-hybridized carbons (Fsp3) is 0.583. The molecule has 37 heavy (non-hydrogen) atoms. The minimum Gasteiger partial charge on any atom is -0.342 e. The van der Waals surface area contributed by atoms with E-state index in [-0.39, 0.29) is 55.3 Å². The molecule has 0 bridgehead atoms. The lowest BCUT2D eigenvalue weighted by Gasteiger charge is -2.33. The van der Waals surface area contributed by atoms with Crippen LogP contribution < -0.4 is 10.6 Å². The number of imidazole rings is 1. The average Bonchev–Trinajstić information content (AvgIpc) is 3.28. The average molecular weight is 515 g/mol. The molecular formula is C24H28F2N8O3. The van der Waals surface area contributed by atoms with Crippen LogP contribution in [-0.2, 0) is 6.54 Å². The Morgan fingerprint density at radius 2 is 2.05 bits per heavy atom. The highest BCUT2D eigenvalue weighted by Gasteiger charge is 2.40. The van der Waals surface area contributed by atoms with Gasteiger partial charge in [-0.1, -0.05) is 5.16 Å². The smallest absolute Gasteiger partial charge is 0.318 e. The Labute approximate surface area is 210 Å². The van der Waals surface area contributed by atoms with Gasteiger partial charge in [0.25, 0.3) is 5.91 Å². The predicted octanol–water partition coefficient (Wildman–Crippen LogP) is 3.20. The molecule has 3 aliphatic rings. The van der Waals surface area contributed by atoms with E-state index in [4.69, 9.17) is 9.61 Å². The molecule has 3 aromatic heterocycles. The minimum absolute atomic E-state index is 0.0785. The number of nitrogens with one attached hydrogen (secondary N) is 2. The molecule has 2 atom stereocenters. The summed E-state index contributed by atoms with van der Waals surface area (Å²) in [6.45, 7) is 2.94. The van der Waals surface area contributed by atoms with Gasteiger partial charge in [-0.2, -0.15) is 5.10 Å². The molecular weight excluding hydrogens is 486 g/mol. The van der Waals surface area contributed by atoms with Gasteiger partial charge in [0.15, 0.2) is 11.3 Å². The number of carbonyl (C=O) groups excluding carboxylic acids is 2. The monoisotopic (exact) mass is 514 g/mol. The van der Waals surface area contributed by atoms with Gasteiger partial charge >= 0.3 is 6.03 Å². The molecule has 3 fully saturated rings. The first kappa shape index (κ1) is 23.7. The highest BCUT2D eigenvalue weighted by Crippen LogP contribution is 2.42. The van der Waals surface area contributed by atoms with Crippen LogP contribution >= 0.6 is 0 Å². The van der Waals surface area contributed by atoms with Gasteiger partial charge < -0.3 is 15.5 Å². The van der Waals surface area contributed by atoms with Gasteiger partial charge in [0.2, 0.25) is 5.92 Å². The van der Waals surface area contributed by atoms with Crippen LogP contribution in [0.1, 0.15) is 84.8 Å². The summed E-state index contributed by atoms with van der Waals surface area (Å²) >= 11 is 0. The number of hydrogen-bond acceptors (Lipinski definition) is 7. The quantitative estimate of drug-likeness (QED) is 0.495. The first-order valence-corrected chi connectivity index (χ1v) is 12.7. The van der Waals surface area contributed by atoms with Gasteiger partial charge in [-0.25, -0.2) is 27.7 Å². The second-order valence-corrected chi connectivity index (χ2v) is 10.5. The number of amides is 3. The highest BCUT2D eigenvalue weighted by atomic mass is 19.3. The summed E-state index contributed by atoms with van der Waals surface area (Å²) in [6.07, 6.45) is 5.25. The molecule has 0 aromatic carbocycles. The van der Waals surface area contributed by atoms with E-state index in [2.05, 4.69) is 26.0 Å². The fourth-order valence-corrected chi connectivity index (χ4v) is 5.30. The summed E-state index contributed by atoms with van der Waals surface area (Å²) in [7, 11) is 0. The molecule has 3 amide bonds. The van der Waals surface area contributed by atoms with Crippen molar-refractivity contribution in [3.8, 4) is 0 Å². The lowest BCUT2D eigenvalue weighted by Crippen LogP contribution is -2.37.